The van der Waals surface area contributed by atoms with Crippen molar-refractivity contribution in [2.45, 2.75) is 30.7 Å². The minimum atomic E-state index is -4.78. The van der Waals surface area contributed by atoms with E-state index in [0.717, 1.165) is 12.1 Å². The minimum absolute atomic E-state index is 0.0385. The summed E-state index contributed by atoms with van der Waals surface area (Å²) in [5, 5.41) is 9.86. The monoisotopic (exact) mass is 298 g/mol. The largest absolute Gasteiger partial charge is 0.507 e. The van der Waals surface area contributed by atoms with E-state index < -0.39 is 29.3 Å². The predicted molar refractivity (Wildman–Crippen MR) is 55.7 cm³/mol. The molecule has 0 saturated heterocycles. The first kappa shape index (κ1) is 12.8. The molecule has 2 aliphatic rings. The zero-order valence-corrected chi connectivity index (χ0v) is 9.98. The van der Waals surface area contributed by atoms with E-state index in [1.54, 1.807) is 0 Å². The Bertz CT molecular complexity index is 557. The van der Waals surface area contributed by atoms with Gasteiger partial charge in [-0.2, -0.15) is 17.6 Å². The van der Waals surface area contributed by atoms with E-state index in [0.29, 0.717) is 12.8 Å². The van der Waals surface area contributed by atoms with Crippen molar-refractivity contribution < 1.29 is 32.1 Å². The van der Waals surface area contributed by atoms with Gasteiger partial charge in [0.25, 0.3) is 0 Å². The number of halogens is 5. The van der Waals surface area contributed by atoms with Crippen LogP contribution in [0.5, 0.6) is 11.5 Å². The first-order valence-electron chi connectivity index (χ1n) is 5.35. The Kier molecular flexibility index (Phi) is 2.33. The minimum Gasteiger partial charge on any atom is -0.421 e. The maximum absolute atomic E-state index is 13.0. The van der Waals surface area contributed by atoms with Crippen LogP contribution < -0.4 is 9.47 Å². The third-order valence-corrected chi connectivity index (χ3v) is 3.39. The van der Waals surface area contributed by atoms with Crippen LogP contribution >= 0.6 is 11.6 Å². The van der Waals surface area contributed by atoms with Crippen molar-refractivity contribution in [1.29, 1.82) is 0 Å². The van der Waals surface area contributed by atoms with E-state index >= 15 is 0 Å². The van der Waals surface area contributed by atoms with Crippen molar-refractivity contribution in [1.82, 2.24) is 0 Å². The summed E-state index contributed by atoms with van der Waals surface area (Å²) in [7, 11) is 0. The number of benzene rings is 1. The predicted octanol–water partition coefficient (Wildman–Crippen LogP) is 3.28. The molecule has 3 rings (SSSR count). The van der Waals surface area contributed by atoms with Crippen LogP contribution in [0.1, 0.15) is 18.4 Å². The van der Waals surface area contributed by atoms with Gasteiger partial charge in [0.05, 0.1) is 10.6 Å². The van der Waals surface area contributed by atoms with Crippen LogP contribution in [0.3, 0.4) is 0 Å². The third kappa shape index (κ3) is 1.83. The van der Waals surface area contributed by atoms with Gasteiger partial charge in [-0.05, 0) is 18.9 Å². The number of hydrogen-bond donors (Lipinski definition) is 1. The van der Waals surface area contributed by atoms with Gasteiger partial charge in [0.2, 0.25) is 0 Å². The van der Waals surface area contributed by atoms with E-state index in [2.05, 4.69) is 9.47 Å². The molecule has 0 atom stereocenters. The first-order valence-corrected chi connectivity index (χ1v) is 5.72. The number of fused-ring (bicyclic) bond motifs is 1. The molecule has 1 fully saturated rings. The lowest BCUT2D eigenvalue weighted by atomic mass is 10.1. The molecule has 1 N–H and O–H groups in total. The standard InChI is InChI=1S/C11H7ClF4O3/c12-6-4-8-7(3-5(6)9(17)1-2-9)18-10(13,14)11(15,16)19-8/h3-4,17H,1-2H2. The number of hydrogen-bond acceptors (Lipinski definition) is 3. The van der Waals surface area contributed by atoms with E-state index in [-0.39, 0.29) is 10.6 Å². The summed E-state index contributed by atoms with van der Waals surface area (Å²) in [6.45, 7) is 0. The summed E-state index contributed by atoms with van der Waals surface area (Å²) in [6.07, 6.45) is -8.73. The third-order valence-electron chi connectivity index (χ3n) is 3.07. The van der Waals surface area contributed by atoms with Gasteiger partial charge in [0, 0.05) is 11.6 Å². The lowest BCUT2D eigenvalue weighted by Gasteiger charge is -2.32. The number of rotatable bonds is 1. The average Bonchev–Trinajstić information content (AvgIpc) is 2.99. The summed E-state index contributed by atoms with van der Waals surface area (Å²) in [6, 6.07) is 1.94. The maximum Gasteiger partial charge on any atom is 0.507 e. The second-order valence-corrected chi connectivity index (χ2v) is 4.96. The molecule has 1 aliphatic carbocycles. The normalized spacial score (nSPS) is 24.9. The lowest BCUT2D eigenvalue weighted by molar-refractivity contribution is -0.391. The van der Waals surface area contributed by atoms with Crippen molar-refractivity contribution >= 4 is 11.6 Å². The van der Waals surface area contributed by atoms with Gasteiger partial charge >= 0.3 is 12.2 Å². The van der Waals surface area contributed by atoms with Crippen LogP contribution in [0.15, 0.2) is 12.1 Å². The highest BCUT2D eigenvalue weighted by Gasteiger charge is 2.66. The van der Waals surface area contributed by atoms with E-state index in [1.165, 1.54) is 0 Å². The molecule has 1 heterocycles. The molecule has 0 aromatic heterocycles. The van der Waals surface area contributed by atoms with Crippen molar-refractivity contribution in [3.63, 3.8) is 0 Å². The molecule has 0 unspecified atom stereocenters. The molecule has 1 aromatic carbocycles. The Labute approximate surface area is 109 Å². The summed E-state index contributed by atoms with van der Waals surface area (Å²) in [5.41, 5.74) is -1.04. The summed E-state index contributed by atoms with van der Waals surface area (Å²) < 4.78 is 59.8. The zero-order valence-electron chi connectivity index (χ0n) is 9.22. The molecule has 3 nitrogen and oxygen atoms in total. The summed E-state index contributed by atoms with van der Waals surface area (Å²) in [4.78, 5) is 0. The smallest absolute Gasteiger partial charge is 0.421 e. The number of alkyl halides is 4. The van der Waals surface area contributed by atoms with Crippen LogP contribution in [0, 0.1) is 0 Å². The van der Waals surface area contributed by atoms with Gasteiger partial charge in [-0.3, -0.25) is 0 Å². The number of aliphatic hydroxyl groups is 1. The van der Waals surface area contributed by atoms with Gasteiger partial charge in [-0.25, -0.2) is 0 Å². The molecule has 1 aromatic rings. The van der Waals surface area contributed by atoms with Crippen LogP contribution in [0.25, 0.3) is 0 Å². The lowest BCUT2D eigenvalue weighted by Crippen LogP contribution is -2.52. The Balaban J connectivity index is 2.08. The molecular weight excluding hydrogens is 292 g/mol. The van der Waals surface area contributed by atoms with Crippen molar-refractivity contribution in [3.05, 3.63) is 22.7 Å². The fourth-order valence-electron chi connectivity index (χ4n) is 1.83. The van der Waals surface area contributed by atoms with Gasteiger partial charge in [-0.1, -0.05) is 11.6 Å². The van der Waals surface area contributed by atoms with Gasteiger partial charge in [-0.15, -0.1) is 0 Å². The van der Waals surface area contributed by atoms with Crippen molar-refractivity contribution in [2.24, 2.45) is 0 Å². The molecule has 0 spiro atoms. The quantitative estimate of drug-likeness (QED) is 0.809. The number of ether oxygens (including phenoxy) is 2. The molecule has 19 heavy (non-hydrogen) atoms. The van der Waals surface area contributed by atoms with Crippen LogP contribution in [0.4, 0.5) is 17.6 Å². The van der Waals surface area contributed by atoms with Crippen LogP contribution in [-0.2, 0) is 5.60 Å². The molecule has 0 radical (unpaired) electrons. The van der Waals surface area contributed by atoms with E-state index in [4.69, 9.17) is 11.6 Å². The fourth-order valence-corrected chi connectivity index (χ4v) is 2.16. The second-order valence-electron chi connectivity index (χ2n) is 4.55. The van der Waals surface area contributed by atoms with Crippen molar-refractivity contribution in [2.75, 3.05) is 0 Å². The van der Waals surface area contributed by atoms with Gasteiger partial charge in [0.15, 0.2) is 11.5 Å². The maximum atomic E-state index is 13.0. The average molecular weight is 299 g/mol. The summed E-state index contributed by atoms with van der Waals surface area (Å²) >= 11 is 5.82. The second kappa shape index (κ2) is 3.46. The van der Waals surface area contributed by atoms with E-state index in [1.807, 2.05) is 0 Å². The first-order chi connectivity index (χ1) is 8.65. The molecule has 0 bridgehead atoms. The molecule has 8 heteroatoms. The SMILES string of the molecule is OC1(c2cc3c(cc2Cl)OC(F)(F)C(F)(F)O3)CC1. The van der Waals surface area contributed by atoms with Crippen LogP contribution in [0.2, 0.25) is 5.02 Å². The van der Waals surface area contributed by atoms with E-state index in [9.17, 15) is 22.7 Å². The topological polar surface area (TPSA) is 38.7 Å². The molecular formula is C11H7ClF4O3. The van der Waals surface area contributed by atoms with Gasteiger partial charge < -0.3 is 14.6 Å². The summed E-state index contributed by atoms with van der Waals surface area (Å²) in [5.74, 6) is -1.16. The Morgan fingerprint density at radius 2 is 1.47 bits per heavy atom. The molecule has 1 aliphatic heterocycles. The molecule has 0 amide bonds. The fraction of sp³-hybridized carbons (Fsp3) is 0.455. The molecule has 104 valence electrons. The highest BCUT2D eigenvalue weighted by molar-refractivity contribution is 6.31. The highest BCUT2D eigenvalue weighted by atomic mass is 35.5. The zero-order chi connectivity index (χ0) is 14.1. The Morgan fingerprint density at radius 3 is 1.95 bits per heavy atom. The highest BCUT2D eigenvalue weighted by Crippen LogP contribution is 2.53. The Morgan fingerprint density at radius 1 is 1.00 bits per heavy atom. The van der Waals surface area contributed by atoms with Crippen LogP contribution in [-0.4, -0.2) is 17.3 Å². The Hall–Kier alpha value is -1.21. The molecule has 1 saturated carbocycles. The van der Waals surface area contributed by atoms with Crippen molar-refractivity contribution in [3.8, 4) is 11.5 Å². The van der Waals surface area contributed by atoms with Gasteiger partial charge in [0.1, 0.15) is 0 Å².